The maximum atomic E-state index is 12.6. The second-order valence-electron chi connectivity index (χ2n) is 3.23. The summed E-state index contributed by atoms with van der Waals surface area (Å²) in [6.07, 6.45) is -9.28. The molecule has 0 spiro atoms. The lowest BCUT2D eigenvalue weighted by atomic mass is 10.2. The van der Waals surface area contributed by atoms with Gasteiger partial charge in [-0.15, -0.1) is 0 Å². The summed E-state index contributed by atoms with van der Waals surface area (Å²) in [7, 11) is -0.620. The molecule has 112 valence electrons. The van der Waals surface area contributed by atoms with E-state index in [0.717, 1.165) is 0 Å². The first kappa shape index (κ1) is 16.5. The average Bonchev–Trinajstić information content (AvgIpc) is 2.24. The van der Waals surface area contributed by atoms with Gasteiger partial charge in [-0.2, -0.15) is 13.2 Å². The van der Waals surface area contributed by atoms with Gasteiger partial charge in [0.15, 0.2) is 10.6 Å². The minimum atomic E-state index is -5.38. The van der Waals surface area contributed by atoms with E-state index in [2.05, 4.69) is 4.98 Å². The molecule has 0 N–H and O–H groups in total. The van der Waals surface area contributed by atoms with E-state index in [1.165, 1.54) is 0 Å². The Labute approximate surface area is 111 Å². The standard InChI is InChI=1S/C7H2ClF5N2O4S/c8-20(18,19)5-2(7(11,12)13)1-14-3(6(9)10)4(5)15(16)17/h1,6H. The molecule has 1 aromatic heterocycles. The zero-order valence-corrected chi connectivity index (χ0v) is 10.4. The second kappa shape index (κ2) is 5.09. The van der Waals surface area contributed by atoms with Crippen LogP contribution in [0.2, 0.25) is 0 Å². The Morgan fingerprint density at radius 1 is 1.35 bits per heavy atom. The summed E-state index contributed by atoms with van der Waals surface area (Å²) >= 11 is 0. The fourth-order valence-corrected chi connectivity index (χ4v) is 2.59. The fraction of sp³-hybridized carbons (Fsp3) is 0.286. The Hall–Kier alpha value is -1.56. The molecule has 13 heteroatoms. The molecular weight excluding hydrogens is 339 g/mol. The predicted molar refractivity (Wildman–Crippen MR) is 53.9 cm³/mol. The number of alkyl halides is 5. The highest BCUT2D eigenvalue weighted by atomic mass is 35.7. The molecule has 0 fully saturated rings. The van der Waals surface area contributed by atoms with Crippen LogP contribution in [0.3, 0.4) is 0 Å². The molecule has 1 aromatic rings. The molecule has 0 aromatic carbocycles. The van der Waals surface area contributed by atoms with Gasteiger partial charge in [-0.05, 0) is 0 Å². The van der Waals surface area contributed by atoms with Crippen molar-refractivity contribution in [3.8, 4) is 0 Å². The zero-order chi connectivity index (χ0) is 15.9. The summed E-state index contributed by atoms with van der Waals surface area (Å²) in [5.74, 6) is 0. The highest BCUT2D eigenvalue weighted by molar-refractivity contribution is 8.13. The van der Waals surface area contributed by atoms with Gasteiger partial charge in [-0.3, -0.25) is 10.1 Å². The first-order chi connectivity index (χ1) is 8.87. The minimum Gasteiger partial charge on any atom is -0.258 e. The van der Waals surface area contributed by atoms with E-state index in [0.29, 0.717) is 0 Å². The number of halogens is 6. The van der Waals surface area contributed by atoms with E-state index in [4.69, 9.17) is 10.7 Å². The maximum absolute atomic E-state index is 12.6. The van der Waals surface area contributed by atoms with Gasteiger partial charge in [0.1, 0.15) is 5.56 Å². The summed E-state index contributed by atoms with van der Waals surface area (Å²) in [4.78, 5) is 9.46. The van der Waals surface area contributed by atoms with Gasteiger partial charge < -0.3 is 0 Å². The van der Waals surface area contributed by atoms with Crippen LogP contribution in [0.5, 0.6) is 0 Å². The zero-order valence-electron chi connectivity index (χ0n) is 8.86. The molecule has 0 aliphatic rings. The quantitative estimate of drug-likeness (QED) is 0.365. The lowest BCUT2D eigenvalue weighted by Gasteiger charge is -2.12. The minimum absolute atomic E-state index is 0.246. The molecule has 0 radical (unpaired) electrons. The summed E-state index contributed by atoms with van der Waals surface area (Å²) < 4.78 is 84.9. The Kier molecular flexibility index (Phi) is 4.20. The molecule has 20 heavy (non-hydrogen) atoms. The van der Waals surface area contributed by atoms with Gasteiger partial charge in [0.25, 0.3) is 15.5 Å². The summed E-state index contributed by atoms with van der Waals surface area (Å²) in [5.41, 5.74) is -5.81. The predicted octanol–water partition coefficient (Wildman–Crippen LogP) is 2.87. The maximum Gasteiger partial charge on any atom is 0.419 e. The van der Waals surface area contributed by atoms with Gasteiger partial charge >= 0.3 is 11.9 Å². The number of aromatic nitrogens is 1. The topological polar surface area (TPSA) is 90.2 Å². The number of nitro groups is 1. The highest BCUT2D eigenvalue weighted by Gasteiger charge is 2.44. The van der Waals surface area contributed by atoms with E-state index < -0.39 is 48.4 Å². The lowest BCUT2D eigenvalue weighted by Crippen LogP contribution is -2.15. The van der Waals surface area contributed by atoms with E-state index in [1.807, 2.05) is 0 Å². The average molecular weight is 341 g/mol. The van der Waals surface area contributed by atoms with Crippen molar-refractivity contribution in [3.05, 3.63) is 27.6 Å². The van der Waals surface area contributed by atoms with Crippen molar-refractivity contribution in [2.45, 2.75) is 17.5 Å². The van der Waals surface area contributed by atoms with Crippen LogP contribution < -0.4 is 0 Å². The third-order valence-electron chi connectivity index (χ3n) is 1.97. The Morgan fingerprint density at radius 2 is 1.85 bits per heavy atom. The third kappa shape index (κ3) is 3.12. The molecule has 1 heterocycles. The largest absolute Gasteiger partial charge is 0.419 e. The molecule has 1 rings (SSSR count). The van der Waals surface area contributed by atoms with Crippen LogP contribution in [0.25, 0.3) is 0 Å². The normalized spacial score (nSPS) is 12.8. The third-order valence-corrected chi connectivity index (χ3v) is 3.34. The molecule has 6 nitrogen and oxygen atoms in total. The highest BCUT2D eigenvalue weighted by Crippen LogP contribution is 2.42. The van der Waals surface area contributed by atoms with E-state index >= 15 is 0 Å². The molecule has 0 saturated heterocycles. The van der Waals surface area contributed by atoms with Crippen LogP contribution >= 0.6 is 10.7 Å². The second-order valence-corrected chi connectivity index (χ2v) is 5.73. The SMILES string of the molecule is O=[N+]([O-])c1c(C(F)F)ncc(C(F)(F)F)c1S(=O)(=O)Cl. The first-order valence-corrected chi connectivity index (χ1v) is 6.65. The molecule has 0 unspecified atom stereocenters. The van der Waals surface area contributed by atoms with Crippen molar-refractivity contribution in [3.63, 3.8) is 0 Å². The first-order valence-electron chi connectivity index (χ1n) is 4.34. The molecular formula is C7H2ClF5N2O4S. The molecule has 0 saturated carbocycles. The van der Waals surface area contributed by atoms with Gasteiger partial charge in [0, 0.05) is 16.9 Å². The van der Waals surface area contributed by atoms with Crippen molar-refractivity contribution < 1.29 is 35.3 Å². The van der Waals surface area contributed by atoms with Crippen molar-refractivity contribution in [2.24, 2.45) is 0 Å². The number of hydrogen-bond acceptors (Lipinski definition) is 5. The van der Waals surface area contributed by atoms with E-state index in [9.17, 15) is 40.5 Å². The van der Waals surface area contributed by atoms with Crippen molar-refractivity contribution in [1.82, 2.24) is 4.98 Å². The number of pyridine rings is 1. The number of nitrogens with zero attached hydrogens (tertiary/aromatic N) is 2. The molecule has 0 atom stereocenters. The summed E-state index contributed by atoms with van der Waals surface area (Å²) in [6, 6.07) is 0. The van der Waals surface area contributed by atoms with Crippen LogP contribution in [0.1, 0.15) is 17.7 Å². The van der Waals surface area contributed by atoms with Crippen LogP contribution in [0.4, 0.5) is 27.6 Å². The fourth-order valence-electron chi connectivity index (χ4n) is 1.28. The smallest absolute Gasteiger partial charge is 0.258 e. The molecule has 0 aliphatic heterocycles. The molecule has 0 amide bonds. The van der Waals surface area contributed by atoms with Crippen molar-refractivity contribution in [2.75, 3.05) is 0 Å². The van der Waals surface area contributed by atoms with Gasteiger partial charge in [-0.1, -0.05) is 0 Å². The lowest BCUT2D eigenvalue weighted by molar-refractivity contribution is -0.390. The van der Waals surface area contributed by atoms with E-state index in [-0.39, 0.29) is 6.20 Å². The van der Waals surface area contributed by atoms with Gasteiger partial charge in [0.05, 0.1) is 4.92 Å². The molecule has 0 bridgehead atoms. The van der Waals surface area contributed by atoms with Crippen molar-refractivity contribution >= 4 is 25.4 Å². The Morgan fingerprint density at radius 3 is 2.15 bits per heavy atom. The van der Waals surface area contributed by atoms with Crippen LogP contribution in [0, 0.1) is 10.1 Å². The van der Waals surface area contributed by atoms with Crippen LogP contribution in [-0.4, -0.2) is 18.3 Å². The summed E-state index contributed by atoms with van der Waals surface area (Å²) in [6.45, 7) is 0. The van der Waals surface area contributed by atoms with Crippen LogP contribution in [0.15, 0.2) is 11.1 Å². The summed E-state index contributed by atoms with van der Waals surface area (Å²) in [5, 5.41) is 10.6. The van der Waals surface area contributed by atoms with Gasteiger partial charge in [0.2, 0.25) is 0 Å². The Bertz CT molecular complexity index is 660. The van der Waals surface area contributed by atoms with Crippen LogP contribution in [-0.2, 0) is 15.2 Å². The van der Waals surface area contributed by atoms with E-state index in [1.54, 1.807) is 0 Å². The monoisotopic (exact) mass is 340 g/mol. The van der Waals surface area contributed by atoms with Crippen molar-refractivity contribution in [1.29, 1.82) is 0 Å². The van der Waals surface area contributed by atoms with Gasteiger partial charge in [-0.25, -0.2) is 22.2 Å². The Balaban J connectivity index is 3.97. The number of hydrogen-bond donors (Lipinski definition) is 0. The number of rotatable bonds is 3. The molecule has 0 aliphatic carbocycles.